The molecule has 0 spiro atoms. The Morgan fingerprint density at radius 3 is 2.82 bits per heavy atom. The lowest BCUT2D eigenvalue weighted by Gasteiger charge is -2.01. The fourth-order valence-electron chi connectivity index (χ4n) is 1.37. The number of ether oxygens (including phenoxy) is 1. The average Bonchev–Trinajstić information content (AvgIpc) is 2.68. The third-order valence-electron chi connectivity index (χ3n) is 2.12. The van der Waals surface area contributed by atoms with E-state index in [9.17, 15) is 8.42 Å². The van der Waals surface area contributed by atoms with E-state index in [2.05, 4.69) is 6.58 Å². The minimum atomic E-state index is -3.63. The Kier molecular flexibility index (Phi) is 3.19. The molecule has 0 fully saturated rings. The van der Waals surface area contributed by atoms with E-state index < -0.39 is 10.0 Å². The van der Waals surface area contributed by atoms with Crippen LogP contribution in [-0.2, 0) is 10.0 Å². The second kappa shape index (κ2) is 4.48. The number of benzene rings is 1. The Labute approximate surface area is 103 Å². The third-order valence-corrected chi connectivity index (χ3v) is 4.64. The molecule has 2 N–H and O–H groups in total. The van der Waals surface area contributed by atoms with Crippen LogP contribution in [-0.4, -0.2) is 15.0 Å². The van der Waals surface area contributed by atoms with Gasteiger partial charge in [-0.3, -0.25) is 0 Å². The molecular formula is C11H11NO3S2. The lowest BCUT2D eigenvalue weighted by atomic mass is 10.2. The van der Waals surface area contributed by atoms with Crippen molar-refractivity contribution in [3.63, 3.8) is 0 Å². The van der Waals surface area contributed by atoms with E-state index in [0.29, 0.717) is 12.4 Å². The van der Waals surface area contributed by atoms with Crippen LogP contribution < -0.4 is 9.88 Å². The molecule has 0 aliphatic rings. The van der Waals surface area contributed by atoms with Gasteiger partial charge in [0.25, 0.3) is 0 Å². The van der Waals surface area contributed by atoms with Crippen molar-refractivity contribution in [3.05, 3.63) is 36.9 Å². The molecule has 0 saturated heterocycles. The van der Waals surface area contributed by atoms with Gasteiger partial charge in [0.1, 0.15) is 16.6 Å². The first-order chi connectivity index (χ1) is 8.00. The molecule has 1 heterocycles. The summed E-state index contributed by atoms with van der Waals surface area (Å²) in [7, 11) is -3.63. The molecule has 0 unspecified atom stereocenters. The van der Waals surface area contributed by atoms with Crippen molar-refractivity contribution in [2.75, 3.05) is 6.61 Å². The molecule has 2 rings (SSSR count). The van der Waals surface area contributed by atoms with Crippen LogP contribution in [0, 0.1) is 0 Å². The highest BCUT2D eigenvalue weighted by Crippen LogP contribution is 2.31. The number of hydrogen-bond acceptors (Lipinski definition) is 4. The van der Waals surface area contributed by atoms with E-state index >= 15 is 0 Å². The standard InChI is InChI=1S/C11H11NO3S2/c1-2-5-15-9-4-3-8-6-11(17(12,13)14)16-10(8)7-9/h2-4,6-7H,1,5H2,(H2,12,13,14). The molecule has 0 amide bonds. The van der Waals surface area contributed by atoms with Gasteiger partial charge in [-0.25, -0.2) is 13.6 Å². The summed E-state index contributed by atoms with van der Waals surface area (Å²) in [6.07, 6.45) is 1.65. The van der Waals surface area contributed by atoms with Gasteiger partial charge in [-0.2, -0.15) is 0 Å². The van der Waals surface area contributed by atoms with E-state index in [1.54, 1.807) is 30.3 Å². The Morgan fingerprint density at radius 1 is 1.41 bits per heavy atom. The molecule has 1 aromatic heterocycles. The maximum absolute atomic E-state index is 11.2. The molecule has 4 nitrogen and oxygen atoms in total. The largest absolute Gasteiger partial charge is 0.490 e. The zero-order chi connectivity index (χ0) is 12.5. The van der Waals surface area contributed by atoms with Crippen molar-refractivity contribution in [2.45, 2.75) is 4.21 Å². The van der Waals surface area contributed by atoms with Crippen molar-refractivity contribution >= 4 is 31.4 Å². The summed E-state index contributed by atoms with van der Waals surface area (Å²) >= 11 is 1.13. The summed E-state index contributed by atoms with van der Waals surface area (Å²) in [6.45, 7) is 3.97. The molecule has 0 aliphatic heterocycles. The van der Waals surface area contributed by atoms with Gasteiger partial charge in [-0.05, 0) is 29.7 Å². The monoisotopic (exact) mass is 269 g/mol. The summed E-state index contributed by atoms with van der Waals surface area (Å²) < 4.78 is 28.8. The van der Waals surface area contributed by atoms with Gasteiger partial charge in [0, 0.05) is 4.70 Å². The van der Waals surface area contributed by atoms with Crippen LogP contribution in [0.1, 0.15) is 0 Å². The van der Waals surface area contributed by atoms with Crippen LogP contribution in [0.3, 0.4) is 0 Å². The number of thiophene rings is 1. The SMILES string of the molecule is C=CCOc1ccc2cc(S(N)(=O)=O)sc2c1. The number of nitrogens with two attached hydrogens (primary N) is 1. The zero-order valence-electron chi connectivity index (χ0n) is 8.92. The fraction of sp³-hybridized carbons (Fsp3) is 0.0909. The Balaban J connectivity index is 2.44. The summed E-state index contributed by atoms with van der Waals surface area (Å²) in [5.41, 5.74) is 0. The van der Waals surface area contributed by atoms with E-state index in [4.69, 9.17) is 9.88 Å². The molecule has 90 valence electrons. The van der Waals surface area contributed by atoms with Gasteiger partial charge < -0.3 is 4.74 Å². The molecule has 0 saturated carbocycles. The van der Waals surface area contributed by atoms with Gasteiger partial charge in [0.2, 0.25) is 10.0 Å². The second-order valence-corrected chi connectivity index (χ2v) is 6.28. The molecule has 0 aliphatic carbocycles. The Hall–Kier alpha value is -1.37. The highest BCUT2D eigenvalue weighted by atomic mass is 32.2. The smallest absolute Gasteiger partial charge is 0.247 e. The van der Waals surface area contributed by atoms with Crippen molar-refractivity contribution in [1.82, 2.24) is 0 Å². The number of rotatable bonds is 4. The fourth-order valence-corrected chi connectivity index (χ4v) is 3.22. The lowest BCUT2D eigenvalue weighted by Crippen LogP contribution is -2.09. The number of primary sulfonamides is 1. The minimum Gasteiger partial charge on any atom is -0.490 e. The van der Waals surface area contributed by atoms with Crippen molar-refractivity contribution in [2.24, 2.45) is 5.14 Å². The molecular weight excluding hydrogens is 258 g/mol. The van der Waals surface area contributed by atoms with Crippen LogP contribution in [0.25, 0.3) is 10.1 Å². The van der Waals surface area contributed by atoms with E-state index in [-0.39, 0.29) is 4.21 Å². The van der Waals surface area contributed by atoms with Crippen molar-refractivity contribution in [3.8, 4) is 5.75 Å². The van der Waals surface area contributed by atoms with Crippen LogP contribution in [0.2, 0.25) is 0 Å². The van der Waals surface area contributed by atoms with E-state index in [1.807, 2.05) is 0 Å². The number of fused-ring (bicyclic) bond motifs is 1. The summed E-state index contributed by atoms with van der Waals surface area (Å²) in [5.74, 6) is 0.681. The predicted molar refractivity (Wildman–Crippen MR) is 68.9 cm³/mol. The predicted octanol–water partition coefficient (Wildman–Crippen LogP) is 2.11. The summed E-state index contributed by atoms with van der Waals surface area (Å²) in [5, 5.41) is 5.91. The van der Waals surface area contributed by atoms with Gasteiger partial charge in [-0.15, -0.1) is 11.3 Å². The normalized spacial score (nSPS) is 11.6. The Morgan fingerprint density at radius 2 is 2.18 bits per heavy atom. The van der Waals surface area contributed by atoms with Gasteiger partial charge in [-0.1, -0.05) is 12.7 Å². The third kappa shape index (κ3) is 2.66. The quantitative estimate of drug-likeness (QED) is 0.864. The van der Waals surface area contributed by atoms with E-state index in [0.717, 1.165) is 21.4 Å². The van der Waals surface area contributed by atoms with Crippen LogP contribution in [0.5, 0.6) is 5.75 Å². The summed E-state index contributed by atoms with van der Waals surface area (Å²) in [4.78, 5) is 0. The minimum absolute atomic E-state index is 0.161. The molecule has 0 atom stereocenters. The molecule has 17 heavy (non-hydrogen) atoms. The molecule has 0 bridgehead atoms. The van der Waals surface area contributed by atoms with Gasteiger partial charge in [0.15, 0.2) is 0 Å². The first-order valence-electron chi connectivity index (χ1n) is 4.81. The average molecular weight is 269 g/mol. The van der Waals surface area contributed by atoms with Crippen LogP contribution in [0.15, 0.2) is 41.1 Å². The number of sulfonamides is 1. The molecule has 6 heteroatoms. The number of hydrogen-bond donors (Lipinski definition) is 1. The van der Waals surface area contributed by atoms with Gasteiger partial charge in [0.05, 0.1) is 0 Å². The van der Waals surface area contributed by atoms with Crippen molar-refractivity contribution < 1.29 is 13.2 Å². The van der Waals surface area contributed by atoms with Crippen molar-refractivity contribution in [1.29, 1.82) is 0 Å². The highest BCUT2D eigenvalue weighted by Gasteiger charge is 2.12. The summed E-state index contributed by atoms with van der Waals surface area (Å²) in [6, 6.07) is 6.94. The molecule has 0 radical (unpaired) electrons. The first-order valence-corrected chi connectivity index (χ1v) is 7.17. The highest BCUT2D eigenvalue weighted by molar-refractivity contribution is 7.91. The lowest BCUT2D eigenvalue weighted by molar-refractivity contribution is 0.364. The first kappa shape index (κ1) is 12.1. The van der Waals surface area contributed by atoms with E-state index in [1.165, 1.54) is 0 Å². The van der Waals surface area contributed by atoms with Crippen LogP contribution >= 0.6 is 11.3 Å². The second-order valence-electron chi connectivity index (χ2n) is 3.41. The maximum Gasteiger partial charge on any atom is 0.247 e. The maximum atomic E-state index is 11.2. The van der Waals surface area contributed by atoms with Gasteiger partial charge >= 0.3 is 0 Å². The molecule has 1 aromatic carbocycles. The van der Waals surface area contributed by atoms with Crippen LogP contribution in [0.4, 0.5) is 0 Å². The zero-order valence-corrected chi connectivity index (χ0v) is 10.6. The molecule has 2 aromatic rings. The topological polar surface area (TPSA) is 69.4 Å². The Bertz CT molecular complexity index is 658.